The summed E-state index contributed by atoms with van der Waals surface area (Å²) >= 11 is 3.00. The average molecular weight is 569 g/mol. The van der Waals surface area contributed by atoms with Gasteiger partial charge in [-0.25, -0.2) is 4.79 Å². The maximum absolute atomic E-state index is 14.1. The van der Waals surface area contributed by atoms with Crippen molar-refractivity contribution in [3.63, 3.8) is 0 Å². The third-order valence-electron chi connectivity index (χ3n) is 8.09. The molecule has 2 heterocycles. The summed E-state index contributed by atoms with van der Waals surface area (Å²) in [6.45, 7) is 8.37. The standard InChI is InChI=1S/C30H40N4O3S2/c1-19-5-7-20(8-6-19)27(35)34(25-17-24(15-16-30(2,3)4)38-26(25)28(36)37)22-11-13-23(14-12-22)39-29-32-31-18-33(29)21-9-10-21/h17-23H,5-14H2,1-4H3,(H,36,37)/t19-,20-,22-,23-. The molecule has 0 bridgehead atoms. The SMILES string of the molecule is CC(C)(C)C#Cc1cc(N(C(=O)[C@H]2CC[C@H](C)CC2)[C@H]2CC[C@H](Sc3nncn3C3CC3)CC2)c(C(=O)O)s1. The summed E-state index contributed by atoms with van der Waals surface area (Å²) in [6, 6.07) is 2.40. The van der Waals surface area contributed by atoms with Gasteiger partial charge in [0.2, 0.25) is 5.91 Å². The molecule has 0 radical (unpaired) electrons. The van der Waals surface area contributed by atoms with Crippen LogP contribution in [0.25, 0.3) is 0 Å². The van der Waals surface area contributed by atoms with Gasteiger partial charge in [0.05, 0.1) is 10.6 Å². The van der Waals surface area contributed by atoms with Gasteiger partial charge in [0, 0.05) is 28.7 Å². The van der Waals surface area contributed by atoms with Crippen molar-refractivity contribution in [3.8, 4) is 11.8 Å². The van der Waals surface area contributed by atoms with E-state index in [2.05, 4.69) is 33.5 Å². The van der Waals surface area contributed by atoms with Gasteiger partial charge in [-0.2, -0.15) is 0 Å². The van der Waals surface area contributed by atoms with E-state index in [0.29, 0.717) is 27.8 Å². The van der Waals surface area contributed by atoms with E-state index in [1.54, 1.807) is 0 Å². The zero-order chi connectivity index (χ0) is 27.7. The highest BCUT2D eigenvalue weighted by molar-refractivity contribution is 7.99. The molecule has 0 saturated heterocycles. The molecular formula is C30H40N4O3S2. The smallest absolute Gasteiger partial charge is 0.348 e. The van der Waals surface area contributed by atoms with E-state index in [9.17, 15) is 14.7 Å². The Morgan fingerprint density at radius 2 is 1.77 bits per heavy atom. The van der Waals surface area contributed by atoms with Crippen LogP contribution in [0.1, 0.15) is 112 Å². The van der Waals surface area contributed by atoms with Gasteiger partial charge in [0.25, 0.3) is 0 Å². The molecule has 39 heavy (non-hydrogen) atoms. The van der Waals surface area contributed by atoms with Gasteiger partial charge in [-0.1, -0.05) is 30.5 Å². The molecule has 9 heteroatoms. The first kappa shape index (κ1) is 28.2. The molecule has 3 aliphatic carbocycles. The lowest BCUT2D eigenvalue weighted by Crippen LogP contribution is -2.46. The number of carboxylic acids is 1. The lowest BCUT2D eigenvalue weighted by atomic mass is 9.81. The van der Waals surface area contributed by atoms with Gasteiger partial charge < -0.3 is 14.6 Å². The number of carbonyl (C=O) groups is 2. The molecule has 3 fully saturated rings. The maximum Gasteiger partial charge on any atom is 0.348 e. The fraction of sp³-hybridized carbons (Fsp3) is 0.667. The highest BCUT2D eigenvalue weighted by atomic mass is 32.2. The summed E-state index contributed by atoms with van der Waals surface area (Å²) in [6.07, 6.45) is 11.7. The zero-order valence-corrected chi connectivity index (χ0v) is 25.1. The Morgan fingerprint density at radius 3 is 2.38 bits per heavy atom. The minimum Gasteiger partial charge on any atom is -0.477 e. The summed E-state index contributed by atoms with van der Waals surface area (Å²) in [5.41, 5.74) is 0.348. The predicted molar refractivity (Wildman–Crippen MR) is 156 cm³/mol. The van der Waals surface area contributed by atoms with Crippen LogP contribution in [0.4, 0.5) is 5.69 Å². The highest BCUT2D eigenvalue weighted by Gasteiger charge is 2.38. The molecule has 0 aliphatic heterocycles. The lowest BCUT2D eigenvalue weighted by molar-refractivity contribution is -0.124. The van der Waals surface area contributed by atoms with Crippen LogP contribution < -0.4 is 4.90 Å². The molecule has 3 aliphatic rings. The van der Waals surface area contributed by atoms with Gasteiger partial charge in [0.15, 0.2) is 5.16 Å². The lowest BCUT2D eigenvalue weighted by Gasteiger charge is -2.39. The van der Waals surface area contributed by atoms with Gasteiger partial charge in [-0.05, 0) is 97.0 Å². The van der Waals surface area contributed by atoms with Crippen LogP contribution in [0.15, 0.2) is 17.6 Å². The average Bonchev–Trinajstić information content (AvgIpc) is 3.48. The van der Waals surface area contributed by atoms with Crippen molar-refractivity contribution < 1.29 is 14.7 Å². The largest absolute Gasteiger partial charge is 0.477 e. The van der Waals surface area contributed by atoms with Crippen LogP contribution in [0.2, 0.25) is 0 Å². The number of aromatic carboxylic acids is 1. The molecule has 0 aromatic carbocycles. The van der Waals surface area contributed by atoms with E-state index < -0.39 is 5.97 Å². The molecule has 3 saturated carbocycles. The number of anilines is 1. The van der Waals surface area contributed by atoms with Crippen molar-refractivity contribution in [1.29, 1.82) is 0 Å². The van der Waals surface area contributed by atoms with Crippen LogP contribution in [0.3, 0.4) is 0 Å². The van der Waals surface area contributed by atoms with Gasteiger partial charge in [-0.15, -0.1) is 21.5 Å². The number of thiophene rings is 1. The summed E-state index contributed by atoms with van der Waals surface area (Å²) < 4.78 is 2.21. The Bertz CT molecular complexity index is 1250. The topological polar surface area (TPSA) is 88.3 Å². The van der Waals surface area contributed by atoms with Crippen LogP contribution in [0, 0.1) is 29.1 Å². The van der Waals surface area contributed by atoms with Crippen LogP contribution in [-0.4, -0.2) is 43.0 Å². The molecule has 0 unspecified atom stereocenters. The molecule has 2 aromatic heterocycles. The highest BCUT2D eigenvalue weighted by Crippen LogP contribution is 2.43. The molecular weight excluding hydrogens is 528 g/mol. The third kappa shape index (κ3) is 6.89. The summed E-state index contributed by atoms with van der Waals surface area (Å²) in [5.74, 6) is 6.11. The zero-order valence-electron chi connectivity index (χ0n) is 23.5. The van der Waals surface area contributed by atoms with E-state index in [1.165, 1.54) is 24.2 Å². The van der Waals surface area contributed by atoms with Crippen molar-refractivity contribution in [2.45, 2.75) is 114 Å². The minimum atomic E-state index is -0.988. The van der Waals surface area contributed by atoms with Gasteiger partial charge in [0.1, 0.15) is 11.2 Å². The monoisotopic (exact) mass is 568 g/mol. The quantitative estimate of drug-likeness (QED) is 0.361. The molecule has 7 nitrogen and oxygen atoms in total. The Hall–Kier alpha value is -2.31. The normalized spacial score (nSPS) is 25.5. The Morgan fingerprint density at radius 1 is 1.08 bits per heavy atom. The predicted octanol–water partition coefficient (Wildman–Crippen LogP) is 7.03. The van der Waals surface area contributed by atoms with Crippen molar-refractivity contribution >= 4 is 40.7 Å². The first-order valence-corrected chi connectivity index (χ1v) is 16.1. The number of hydrogen-bond acceptors (Lipinski definition) is 6. The summed E-state index contributed by atoms with van der Waals surface area (Å²) in [4.78, 5) is 29.3. The Balaban J connectivity index is 1.39. The number of carboxylic acid groups (broad SMARTS) is 1. The fourth-order valence-corrected chi connectivity index (χ4v) is 7.77. The molecule has 210 valence electrons. The minimum absolute atomic E-state index is 0.00822. The van der Waals surface area contributed by atoms with Crippen LogP contribution in [0.5, 0.6) is 0 Å². The number of carbonyl (C=O) groups excluding carboxylic acids is 1. The molecule has 2 aromatic rings. The first-order chi connectivity index (χ1) is 18.6. The van der Waals surface area contributed by atoms with E-state index >= 15 is 0 Å². The molecule has 1 amide bonds. The second-order valence-corrected chi connectivity index (χ2v) is 14.9. The van der Waals surface area contributed by atoms with Crippen molar-refractivity contribution in [3.05, 3.63) is 22.1 Å². The number of rotatable bonds is 7. The number of hydrogen-bond donors (Lipinski definition) is 1. The van der Waals surface area contributed by atoms with E-state index in [0.717, 1.165) is 56.5 Å². The number of thioether (sulfide) groups is 1. The number of aromatic nitrogens is 3. The summed E-state index contributed by atoms with van der Waals surface area (Å²) in [5, 5.41) is 20.1. The number of amides is 1. The van der Waals surface area contributed by atoms with E-state index in [1.807, 2.05) is 49.8 Å². The van der Waals surface area contributed by atoms with E-state index in [-0.39, 0.29) is 28.2 Å². The molecule has 5 rings (SSSR count). The van der Waals surface area contributed by atoms with Gasteiger partial charge in [-0.3, -0.25) is 4.79 Å². The van der Waals surface area contributed by atoms with E-state index in [4.69, 9.17) is 0 Å². The first-order valence-electron chi connectivity index (χ1n) is 14.4. The molecule has 0 atom stereocenters. The van der Waals surface area contributed by atoms with Crippen LogP contribution >= 0.6 is 23.1 Å². The third-order valence-corrected chi connectivity index (χ3v) is 10.4. The second-order valence-electron chi connectivity index (χ2n) is 12.6. The summed E-state index contributed by atoms with van der Waals surface area (Å²) in [7, 11) is 0. The Labute approximate surface area is 240 Å². The molecule has 0 spiro atoms. The van der Waals surface area contributed by atoms with Crippen molar-refractivity contribution in [2.24, 2.45) is 17.3 Å². The Kier molecular flexibility index (Phi) is 8.44. The fourth-order valence-electron chi connectivity index (χ4n) is 5.71. The van der Waals surface area contributed by atoms with Crippen molar-refractivity contribution in [2.75, 3.05) is 4.90 Å². The van der Waals surface area contributed by atoms with Crippen molar-refractivity contribution in [1.82, 2.24) is 14.8 Å². The second kappa shape index (κ2) is 11.7. The van der Waals surface area contributed by atoms with Crippen LogP contribution in [-0.2, 0) is 4.79 Å². The maximum atomic E-state index is 14.1. The molecule has 1 N–H and O–H groups in total. The number of nitrogens with zero attached hydrogens (tertiary/aromatic N) is 4. The van der Waals surface area contributed by atoms with Gasteiger partial charge >= 0.3 is 5.97 Å².